The predicted molar refractivity (Wildman–Crippen MR) is 116 cm³/mol. The van der Waals surface area contributed by atoms with E-state index in [2.05, 4.69) is 16.0 Å². The lowest BCUT2D eigenvalue weighted by Crippen LogP contribution is -2.60. The van der Waals surface area contributed by atoms with Gasteiger partial charge in [0.15, 0.2) is 0 Å². The van der Waals surface area contributed by atoms with Crippen LogP contribution >= 0.6 is 0 Å². The third-order valence-corrected chi connectivity index (χ3v) is 5.42. The molecule has 0 spiro atoms. The van der Waals surface area contributed by atoms with Gasteiger partial charge in [-0.25, -0.2) is 4.79 Å². The molecule has 0 aromatic rings. The number of carbonyl (C=O) groups is 5. The fourth-order valence-electron chi connectivity index (χ4n) is 2.78. The highest BCUT2D eigenvalue weighted by atomic mass is 16.4. The van der Waals surface area contributed by atoms with Gasteiger partial charge in [-0.1, -0.05) is 40.5 Å². The zero-order valence-corrected chi connectivity index (χ0v) is 19.1. The van der Waals surface area contributed by atoms with E-state index in [0.717, 1.165) is 0 Å². The van der Waals surface area contributed by atoms with Crippen LogP contribution in [0.15, 0.2) is 0 Å². The first kappa shape index (κ1) is 29.3. The molecule has 4 amide bonds. The number of nitrogens with one attached hydrogen (secondary N) is 3. The smallest absolute Gasteiger partial charge is 0.326 e. The largest absolute Gasteiger partial charge is 0.480 e. The topological polar surface area (TPSA) is 214 Å². The van der Waals surface area contributed by atoms with Crippen LogP contribution < -0.4 is 27.4 Å². The summed E-state index contributed by atoms with van der Waals surface area (Å²) in [5, 5.41) is 26.1. The molecule has 0 rings (SSSR count). The molecule has 32 heavy (non-hydrogen) atoms. The molecule has 6 unspecified atom stereocenters. The molecule has 12 nitrogen and oxygen atoms in total. The second-order valence-corrected chi connectivity index (χ2v) is 7.94. The van der Waals surface area contributed by atoms with E-state index in [1.807, 2.05) is 0 Å². The fourth-order valence-corrected chi connectivity index (χ4v) is 2.78. The Hall–Kier alpha value is -2.73. The summed E-state index contributed by atoms with van der Waals surface area (Å²) < 4.78 is 0. The molecule has 0 aromatic heterocycles. The lowest BCUT2D eigenvalue weighted by Gasteiger charge is -2.28. The van der Waals surface area contributed by atoms with Gasteiger partial charge in [-0.2, -0.15) is 0 Å². The summed E-state index contributed by atoms with van der Waals surface area (Å²) in [6.45, 7) is 6.15. The Labute approximate surface area is 187 Å². The molecule has 0 aromatic carbocycles. The van der Waals surface area contributed by atoms with Crippen LogP contribution in [0.3, 0.4) is 0 Å². The second kappa shape index (κ2) is 14.4. The number of carboxylic acids is 1. The zero-order chi connectivity index (χ0) is 25.0. The maximum absolute atomic E-state index is 12.8. The first-order valence-electron chi connectivity index (χ1n) is 10.7. The van der Waals surface area contributed by atoms with Gasteiger partial charge in [-0.3, -0.25) is 19.2 Å². The lowest BCUT2D eigenvalue weighted by molar-refractivity contribution is -0.144. The number of carbonyl (C=O) groups excluding carboxylic acids is 4. The second-order valence-electron chi connectivity index (χ2n) is 7.94. The van der Waals surface area contributed by atoms with Gasteiger partial charge in [-0.05, 0) is 18.3 Å². The van der Waals surface area contributed by atoms with Crippen molar-refractivity contribution in [1.29, 1.82) is 0 Å². The maximum Gasteiger partial charge on any atom is 0.326 e. The minimum absolute atomic E-state index is 0.00384. The summed E-state index contributed by atoms with van der Waals surface area (Å²) >= 11 is 0. The van der Waals surface area contributed by atoms with E-state index in [1.54, 1.807) is 27.7 Å². The van der Waals surface area contributed by atoms with Crippen molar-refractivity contribution in [3.8, 4) is 0 Å². The normalized spacial score (nSPS) is 16.6. The lowest BCUT2D eigenvalue weighted by atomic mass is 9.97. The molecular formula is C20H37N5O7. The maximum atomic E-state index is 12.8. The van der Waals surface area contributed by atoms with Gasteiger partial charge in [0.2, 0.25) is 23.6 Å². The molecular weight excluding hydrogens is 422 g/mol. The minimum Gasteiger partial charge on any atom is -0.480 e. The van der Waals surface area contributed by atoms with Crippen molar-refractivity contribution >= 4 is 29.6 Å². The first-order valence-corrected chi connectivity index (χ1v) is 10.7. The number of primary amides is 1. The van der Waals surface area contributed by atoms with Gasteiger partial charge in [0.05, 0.1) is 12.6 Å². The molecule has 0 aliphatic carbocycles. The molecule has 6 atom stereocenters. The highest BCUT2D eigenvalue weighted by molar-refractivity contribution is 5.94. The standard InChI is InChI=1S/C20H37N5O7/c1-5-10(3)15(24-17(28)12(21)7-8-14(22)27)19(30)23-13(9-26)18(29)25-16(20(31)32)11(4)6-2/h10-13,15-16,26H,5-9,21H2,1-4H3,(H2,22,27)(H,23,30)(H,24,28)(H,25,29)(H,31,32). The van der Waals surface area contributed by atoms with Crippen LogP contribution in [0.1, 0.15) is 53.4 Å². The van der Waals surface area contributed by atoms with E-state index < -0.39 is 60.4 Å². The van der Waals surface area contributed by atoms with Crippen LogP contribution in [0.4, 0.5) is 0 Å². The number of aliphatic carboxylic acids is 1. The molecule has 0 fully saturated rings. The van der Waals surface area contributed by atoms with E-state index in [9.17, 15) is 34.2 Å². The highest BCUT2D eigenvalue weighted by Gasteiger charge is 2.33. The number of nitrogens with two attached hydrogens (primary N) is 2. The van der Waals surface area contributed by atoms with Gasteiger partial charge in [-0.15, -0.1) is 0 Å². The van der Waals surface area contributed by atoms with Gasteiger partial charge in [0.1, 0.15) is 18.1 Å². The molecule has 0 bridgehead atoms. The van der Waals surface area contributed by atoms with Crippen molar-refractivity contribution < 1.29 is 34.2 Å². The van der Waals surface area contributed by atoms with Gasteiger partial charge < -0.3 is 37.6 Å². The molecule has 0 aliphatic rings. The van der Waals surface area contributed by atoms with Gasteiger partial charge in [0.25, 0.3) is 0 Å². The van der Waals surface area contributed by atoms with Crippen LogP contribution in [0.2, 0.25) is 0 Å². The van der Waals surface area contributed by atoms with Crippen molar-refractivity contribution in [1.82, 2.24) is 16.0 Å². The molecule has 0 heterocycles. The van der Waals surface area contributed by atoms with Crippen LogP contribution in [0.5, 0.6) is 0 Å². The van der Waals surface area contributed by atoms with Gasteiger partial charge >= 0.3 is 5.97 Å². The Bertz CT molecular complexity index is 673. The number of aliphatic hydroxyl groups excluding tert-OH is 1. The van der Waals surface area contributed by atoms with Gasteiger partial charge in [0, 0.05) is 6.42 Å². The Morgan fingerprint density at radius 2 is 1.34 bits per heavy atom. The van der Waals surface area contributed by atoms with Crippen LogP contribution in [-0.4, -0.2) is 70.6 Å². The Balaban J connectivity index is 5.31. The summed E-state index contributed by atoms with van der Waals surface area (Å²) in [6, 6.07) is -4.74. The number of aliphatic hydroxyl groups is 1. The van der Waals surface area contributed by atoms with E-state index in [0.29, 0.717) is 12.8 Å². The van der Waals surface area contributed by atoms with Crippen LogP contribution in [-0.2, 0) is 24.0 Å². The summed E-state index contributed by atoms with van der Waals surface area (Å²) in [6.07, 6.45) is 0.901. The first-order chi connectivity index (χ1) is 14.9. The Morgan fingerprint density at radius 3 is 1.78 bits per heavy atom. The molecule has 9 N–H and O–H groups in total. The summed E-state index contributed by atoms with van der Waals surface area (Å²) in [5.74, 6) is -4.83. The van der Waals surface area contributed by atoms with Crippen molar-refractivity contribution in [2.24, 2.45) is 23.3 Å². The van der Waals surface area contributed by atoms with E-state index in [1.165, 1.54) is 0 Å². The molecule has 0 radical (unpaired) electrons. The number of amides is 4. The van der Waals surface area contributed by atoms with E-state index in [4.69, 9.17) is 11.5 Å². The zero-order valence-electron chi connectivity index (χ0n) is 19.1. The Kier molecular flexibility index (Phi) is 13.1. The van der Waals surface area contributed by atoms with E-state index >= 15 is 0 Å². The Morgan fingerprint density at radius 1 is 0.844 bits per heavy atom. The molecule has 184 valence electrons. The van der Waals surface area contributed by atoms with Crippen LogP contribution in [0.25, 0.3) is 0 Å². The molecule has 0 saturated heterocycles. The number of rotatable bonds is 15. The average Bonchev–Trinajstić information content (AvgIpc) is 2.75. The summed E-state index contributed by atoms with van der Waals surface area (Å²) in [7, 11) is 0. The van der Waals surface area contributed by atoms with Crippen LogP contribution in [0, 0.1) is 11.8 Å². The summed E-state index contributed by atoms with van der Waals surface area (Å²) in [5.41, 5.74) is 10.8. The van der Waals surface area contributed by atoms with Crippen molar-refractivity contribution in [3.05, 3.63) is 0 Å². The summed E-state index contributed by atoms with van der Waals surface area (Å²) in [4.78, 5) is 59.9. The SMILES string of the molecule is CCC(C)C(NC(=O)C(CO)NC(=O)C(NC(=O)C(N)CCC(N)=O)C(C)CC)C(=O)O. The highest BCUT2D eigenvalue weighted by Crippen LogP contribution is 2.11. The van der Waals surface area contributed by atoms with Crippen molar-refractivity contribution in [2.75, 3.05) is 6.61 Å². The third-order valence-electron chi connectivity index (χ3n) is 5.42. The van der Waals surface area contributed by atoms with E-state index in [-0.39, 0.29) is 24.7 Å². The third kappa shape index (κ3) is 9.60. The minimum atomic E-state index is -1.42. The van der Waals surface area contributed by atoms with Crippen molar-refractivity contribution in [2.45, 2.75) is 77.5 Å². The number of hydrogen-bond donors (Lipinski definition) is 7. The molecule has 12 heteroatoms. The average molecular weight is 460 g/mol. The fraction of sp³-hybridized carbons (Fsp3) is 0.750. The van der Waals surface area contributed by atoms with Crippen molar-refractivity contribution in [3.63, 3.8) is 0 Å². The monoisotopic (exact) mass is 459 g/mol. The predicted octanol–water partition coefficient (Wildman–Crippen LogP) is -1.80. The molecule has 0 aliphatic heterocycles. The quantitative estimate of drug-likeness (QED) is 0.148. The number of carboxylic acid groups (broad SMARTS) is 1. The number of hydrogen-bond acceptors (Lipinski definition) is 7. The molecule has 0 saturated carbocycles.